The van der Waals surface area contributed by atoms with Gasteiger partial charge in [-0.1, -0.05) is 17.3 Å². The van der Waals surface area contributed by atoms with Crippen molar-refractivity contribution in [3.63, 3.8) is 0 Å². The average Bonchev–Trinajstić information content (AvgIpc) is 2.22. The van der Waals surface area contributed by atoms with Crippen molar-refractivity contribution in [2.45, 2.75) is 19.4 Å². The molecule has 0 atom stereocenters. The summed E-state index contributed by atoms with van der Waals surface area (Å²) in [5, 5.41) is 20.9. The van der Waals surface area contributed by atoms with Gasteiger partial charge in [-0.2, -0.15) is 5.48 Å². The van der Waals surface area contributed by atoms with Crippen LogP contribution in [0.5, 0.6) is 0 Å². The van der Waals surface area contributed by atoms with Gasteiger partial charge < -0.3 is 10.4 Å². The molecular formula is C10H13FN2O2. The maximum absolute atomic E-state index is 12.7. The molecule has 0 spiro atoms. The summed E-state index contributed by atoms with van der Waals surface area (Å²) in [6, 6.07) is 5.47. The van der Waals surface area contributed by atoms with Crippen LogP contribution in [0, 0.1) is 5.82 Å². The first-order valence-electron chi connectivity index (χ1n) is 4.41. The van der Waals surface area contributed by atoms with Crippen LogP contribution in [-0.4, -0.2) is 21.7 Å². The number of hydrogen-bond donors (Lipinski definition) is 3. The molecule has 0 radical (unpaired) electrons. The molecule has 3 N–H and O–H groups in total. The molecule has 1 rings (SSSR count). The van der Waals surface area contributed by atoms with Gasteiger partial charge in [-0.3, -0.25) is 0 Å². The average molecular weight is 212 g/mol. The number of benzene rings is 1. The lowest BCUT2D eigenvalue weighted by Crippen LogP contribution is -2.45. The highest BCUT2D eigenvalue weighted by Crippen LogP contribution is 2.14. The van der Waals surface area contributed by atoms with E-state index in [0.717, 1.165) is 0 Å². The third-order valence-corrected chi connectivity index (χ3v) is 2.09. The van der Waals surface area contributed by atoms with Crippen LogP contribution in [0.3, 0.4) is 0 Å². The van der Waals surface area contributed by atoms with Crippen LogP contribution in [-0.2, 0) is 0 Å². The van der Waals surface area contributed by atoms with E-state index in [2.05, 4.69) is 5.16 Å². The fraction of sp³-hybridized carbons (Fsp3) is 0.300. The highest BCUT2D eigenvalue weighted by atomic mass is 19.1. The minimum atomic E-state index is -0.910. The molecule has 0 amide bonds. The fourth-order valence-corrected chi connectivity index (χ4v) is 1.20. The van der Waals surface area contributed by atoms with Crippen LogP contribution in [0.4, 0.5) is 4.39 Å². The molecule has 0 aliphatic rings. The van der Waals surface area contributed by atoms with Crippen molar-refractivity contribution in [2.75, 3.05) is 0 Å². The van der Waals surface area contributed by atoms with E-state index in [1.165, 1.54) is 24.3 Å². The van der Waals surface area contributed by atoms with Crippen LogP contribution in [0.1, 0.15) is 19.4 Å². The molecule has 5 heteroatoms. The Hall–Kier alpha value is -1.46. The molecule has 0 saturated heterocycles. The second-order valence-corrected chi connectivity index (χ2v) is 3.69. The number of nitrogens with zero attached hydrogens (tertiary/aromatic N) is 1. The van der Waals surface area contributed by atoms with Gasteiger partial charge in [-0.25, -0.2) is 4.39 Å². The quantitative estimate of drug-likeness (QED) is 0.406. The summed E-state index contributed by atoms with van der Waals surface area (Å²) < 4.78 is 12.7. The maximum atomic E-state index is 12.7. The van der Waals surface area contributed by atoms with Gasteiger partial charge in [0.05, 0.1) is 5.54 Å². The number of oxime groups is 1. The van der Waals surface area contributed by atoms with Crippen LogP contribution in [0.2, 0.25) is 0 Å². The molecule has 4 nitrogen and oxygen atoms in total. The van der Waals surface area contributed by atoms with Gasteiger partial charge in [0.1, 0.15) is 11.5 Å². The first-order chi connectivity index (χ1) is 7.01. The summed E-state index contributed by atoms with van der Waals surface area (Å²) >= 11 is 0. The lowest BCUT2D eigenvalue weighted by molar-refractivity contribution is 0.113. The Balaban J connectivity index is 3.10. The number of hydroxylamine groups is 1. The number of nitrogens with one attached hydrogen (secondary N) is 1. The summed E-state index contributed by atoms with van der Waals surface area (Å²) in [6.07, 6.45) is 0. The van der Waals surface area contributed by atoms with Crippen molar-refractivity contribution in [1.29, 1.82) is 0 Å². The molecule has 0 aliphatic heterocycles. The smallest absolute Gasteiger partial charge is 0.123 e. The van der Waals surface area contributed by atoms with E-state index in [0.29, 0.717) is 5.56 Å². The molecule has 15 heavy (non-hydrogen) atoms. The van der Waals surface area contributed by atoms with Crippen molar-refractivity contribution in [3.8, 4) is 0 Å². The van der Waals surface area contributed by atoms with Gasteiger partial charge in [0.25, 0.3) is 0 Å². The first-order valence-corrected chi connectivity index (χ1v) is 4.41. The van der Waals surface area contributed by atoms with Gasteiger partial charge in [0.2, 0.25) is 0 Å². The van der Waals surface area contributed by atoms with E-state index in [1.54, 1.807) is 13.8 Å². The fourth-order valence-electron chi connectivity index (χ4n) is 1.20. The van der Waals surface area contributed by atoms with E-state index in [1.807, 2.05) is 5.48 Å². The standard InChI is InChI=1S/C10H13FN2O2/c1-10(2,13-15)9(12-14)7-3-5-8(11)6-4-7/h3-6,13-15H,1-2H3/b12-9+. The highest BCUT2D eigenvalue weighted by Gasteiger charge is 2.26. The number of hydrogen-bond acceptors (Lipinski definition) is 4. The minimum Gasteiger partial charge on any atom is -0.411 e. The van der Waals surface area contributed by atoms with Crippen molar-refractivity contribution < 1.29 is 14.8 Å². The molecule has 0 aliphatic carbocycles. The first kappa shape index (κ1) is 11.6. The Bertz CT molecular complexity index is 360. The predicted octanol–water partition coefficient (Wildman–Crippen LogP) is 1.76. The van der Waals surface area contributed by atoms with Crippen LogP contribution in [0.15, 0.2) is 29.4 Å². The van der Waals surface area contributed by atoms with E-state index >= 15 is 0 Å². The topological polar surface area (TPSA) is 64.8 Å². The molecule has 1 aromatic carbocycles. The number of halogens is 1. The molecule has 1 aromatic rings. The second-order valence-electron chi connectivity index (χ2n) is 3.69. The summed E-state index contributed by atoms with van der Waals surface area (Å²) in [5.74, 6) is -0.370. The normalized spacial score (nSPS) is 12.9. The Morgan fingerprint density at radius 1 is 1.33 bits per heavy atom. The monoisotopic (exact) mass is 212 g/mol. The molecule has 0 heterocycles. The summed E-state index contributed by atoms with van der Waals surface area (Å²) in [6.45, 7) is 3.26. The molecule has 0 aromatic heterocycles. The highest BCUT2D eigenvalue weighted by molar-refractivity contribution is 6.06. The zero-order chi connectivity index (χ0) is 11.5. The summed E-state index contributed by atoms with van der Waals surface area (Å²) in [5.41, 5.74) is 1.87. The van der Waals surface area contributed by atoms with Crippen LogP contribution < -0.4 is 5.48 Å². The van der Waals surface area contributed by atoms with Crippen molar-refractivity contribution in [2.24, 2.45) is 5.16 Å². The predicted molar refractivity (Wildman–Crippen MR) is 53.7 cm³/mol. The Kier molecular flexibility index (Phi) is 3.39. The molecule has 0 saturated carbocycles. The Labute approximate surface area is 87.0 Å². The van der Waals surface area contributed by atoms with Gasteiger partial charge in [0, 0.05) is 5.56 Å². The van der Waals surface area contributed by atoms with E-state index in [-0.39, 0.29) is 11.5 Å². The van der Waals surface area contributed by atoms with Gasteiger partial charge in [-0.15, -0.1) is 0 Å². The lowest BCUT2D eigenvalue weighted by atomic mass is 9.93. The maximum Gasteiger partial charge on any atom is 0.123 e. The van der Waals surface area contributed by atoms with Crippen LogP contribution in [0.25, 0.3) is 0 Å². The Morgan fingerprint density at radius 2 is 1.87 bits per heavy atom. The zero-order valence-corrected chi connectivity index (χ0v) is 8.53. The van der Waals surface area contributed by atoms with E-state index in [9.17, 15) is 4.39 Å². The number of rotatable bonds is 3. The summed E-state index contributed by atoms with van der Waals surface area (Å²) in [4.78, 5) is 0. The Morgan fingerprint density at radius 3 is 2.27 bits per heavy atom. The summed E-state index contributed by atoms with van der Waals surface area (Å²) in [7, 11) is 0. The van der Waals surface area contributed by atoms with Gasteiger partial charge in [-0.05, 0) is 26.0 Å². The third kappa shape index (κ3) is 2.51. The van der Waals surface area contributed by atoms with Gasteiger partial charge in [0.15, 0.2) is 0 Å². The van der Waals surface area contributed by atoms with Crippen molar-refractivity contribution >= 4 is 5.71 Å². The third-order valence-electron chi connectivity index (χ3n) is 2.09. The second kappa shape index (κ2) is 4.37. The molecular weight excluding hydrogens is 199 g/mol. The van der Waals surface area contributed by atoms with Crippen molar-refractivity contribution in [1.82, 2.24) is 5.48 Å². The zero-order valence-electron chi connectivity index (χ0n) is 8.53. The lowest BCUT2D eigenvalue weighted by Gasteiger charge is -2.23. The van der Waals surface area contributed by atoms with Crippen molar-refractivity contribution in [3.05, 3.63) is 35.6 Å². The molecule has 0 unspecified atom stereocenters. The van der Waals surface area contributed by atoms with Crippen LogP contribution >= 0.6 is 0 Å². The molecule has 82 valence electrons. The van der Waals surface area contributed by atoms with E-state index in [4.69, 9.17) is 10.4 Å². The SMILES string of the molecule is CC(C)(NO)/C(=N/O)c1ccc(F)cc1. The van der Waals surface area contributed by atoms with Gasteiger partial charge >= 0.3 is 0 Å². The van der Waals surface area contributed by atoms with E-state index < -0.39 is 5.54 Å². The molecule has 0 bridgehead atoms. The largest absolute Gasteiger partial charge is 0.411 e. The molecule has 0 fully saturated rings. The minimum absolute atomic E-state index is 0.227.